The molecular formula is C21H13N5OS. The summed E-state index contributed by atoms with van der Waals surface area (Å²) < 4.78 is 7.53. The van der Waals surface area contributed by atoms with Crippen LogP contribution >= 0.6 is 11.8 Å². The van der Waals surface area contributed by atoms with E-state index in [0.717, 1.165) is 22.1 Å². The summed E-state index contributed by atoms with van der Waals surface area (Å²) in [6.07, 6.45) is 1.62. The van der Waals surface area contributed by atoms with Crippen molar-refractivity contribution in [3.63, 3.8) is 0 Å². The van der Waals surface area contributed by atoms with Crippen LogP contribution in [0.15, 0.2) is 76.5 Å². The van der Waals surface area contributed by atoms with E-state index in [2.05, 4.69) is 16.3 Å². The van der Waals surface area contributed by atoms with E-state index in [4.69, 9.17) is 9.40 Å². The topological polar surface area (TPSA) is 80.0 Å². The Balaban J connectivity index is 1.66. The molecule has 28 heavy (non-hydrogen) atoms. The van der Waals surface area contributed by atoms with Gasteiger partial charge in [0.2, 0.25) is 0 Å². The number of benzene rings is 2. The summed E-state index contributed by atoms with van der Waals surface area (Å²) in [7, 11) is 0. The lowest BCUT2D eigenvalue weighted by Crippen LogP contribution is -1.99. The standard InChI is InChI=1S/C21H13N5OS/c22-12-14-6-1-2-7-15(14)13-28-21-25-24-19-16-8-3-4-9-17(16)23-20(26(19)21)18-10-5-11-27-18/h1-11H,13H2. The van der Waals surface area contributed by atoms with Crippen LogP contribution in [0.3, 0.4) is 0 Å². The second kappa shape index (κ2) is 6.83. The predicted molar refractivity (Wildman–Crippen MR) is 107 cm³/mol. The molecule has 5 aromatic rings. The summed E-state index contributed by atoms with van der Waals surface area (Å²) in [5.41, 5.74) is 3.19. The summed E-state index contributed by atoms with van der Waals surface area (Å²) >= 11 is 1.52. The Hall–Kier alpha value is -3.63. The molecule has 2 aromatic carbocycles. The molecule has 0 saturated carbocycles. The van der Waals surface area contributed by atoms with Crippen molar-refractivity contribution >= 4 is 28.3 Å². The van der Waals surface area contributed by atoms with Crippen molar-refractivity contribution < 1.29 is 4.42 Å². The number of aromatic nitrogens is 4. The van der Waals surface area contributed by atoms with Crippen LogP contribution in [0.4, 0.5) is 0 Å². The van der Waals surface area contributed by atoms with Gasteiger partial charge in [-0.05, 0) is 35.9 Å². The van der Waals surface area contributed by atoms with Crippen molar-refractivity contribution in [3.8, 4) is 17.7 Å². The van der Waals surface area contributed by atoms with Gasteiger partial charge in [0.1, 0.15) is 0 Å². The first kappa shape index (κ1) is 16.5. The van der Waals surface area contributed by atoms with E-state index < -0.39 is 0 Å². The van der Waals surface area contributed by atoms with E-state index in [0.29, 0.717) is 28.1 Å². The van der Waals surface area contributed by atoms with Gasteiger partial charge in [-0.3, -0.25) is 4.40 Å². The zero-order chi connectivity index (χ0) is 18.9. The third kappa shape index (κ3) is 2.71. The third-order valence-electron chi connectivity index (χ3n) is 4.45. The van der Waals surface area contributed by atoms with Crippen LogP contribution in [-0.2, 0) is 5.75 Å². The SMILES string of the molecule is N#Cc1ccccc1CSc1nnc2c3ccccc3nc(-c3ccco3)n12. The van der Waals surface area contributed by atoms with Crippen molar-refractivity contribution in [3.05, 3.63) is 78.1 Å². The highest BCUT2D eigenvalue weighted by atomic mass is 32.2. The van der Waals surface area contributed by atoms with Crippen molar-refractivity contribution in [1.29, 1.82) is 5.26 Å². The fraction of sp³-hybridized carbons (Fsp3) is 0.0476. The number of furan rings is 1. The second-order valence-corrected chi connectivity index (χ2v) is 7.07. The molecule has 6 nitrogen and oxygen atoms in total. The van der Waals surface area contributed by atoms with Crippen molar-refractivity contribution in [2.75, 3.05) is 0 Å². The molecule has 5 rings (SSSR count). The molecule has 0 aliphatic heterocycles. The molecular weight excluding hydrogens is 370 g/mol. The third-order valence-corrected chi connectivity index (χ3v) is 5.43. The summed E-state index contributed by atoms with van der Waals surface area (Å²) in [4.78, 5) is 4.79. The molecule has 3 heterocycles. The maximum absolute atomic E-state index is 9.32. The molecule has 0 radical (unpaired) electrons. The quantitative estimate of drug-likeness (QED) is 0.419. The smallest absolute Gasteiger partial charge is 0.197 e. The molecule has 0 fully saturated rings. The molecule has 0 N–H and O–H groups in total. The van der Waals surface area contributed by atoms with E-state index in [9.17, 15) is 5.26 Å². The Morgan fingerprint density at radius 3 is 2.71 bits per heavy atom. The van der Waals surface area contributed by atoms with Crippen LogP contribution in [0.2, 0.25) is 0 Å². The molecule has 0 spiro atoms. The van der Waals surface area contributed by atoms with E-state index in [1.54, 1.807) is 6.26 Å². The van der Waals surface area contributed by atoms with Crippen LogP contribution in [-0.4, -0.2) is 19.6 Å². The Kier molecular flexibility index (Phi) is 4.04. The van der Waals surface area contributed by atoms with Gasteiger partial charge in [0.05, 0.1) is 23.4 Å². The maximum atomic E-state index is 9.32. The van der Waals surface area contributed by atoms with Crippen LogP contribution in [0.5, 0.6) is 0 Å². The molecule has 0 amide bonds. The van der Waals surface area contributed by atoms with Crippen LogP contribution in [0.25, 0.3) is 28.1 Å². The zero-order valence-electron chi connectivity index (χ0n) is 14.6. The van der Waals surface area contributed by atoms with Crippen molar-refractivity contribution in [2.45, 2.75) is 10.9 Å². The molecule has 0 saturated heterocycles. The number of fused-ring (bicyclic) bond motifs is 3. The van der Waals surface area contributed by atoms with Gasteiger partial charge < -0.3 is 4.42 Å². The minimum absolute atomic E-state index is 0.606. The average molecular weight is 383 g/mol. The van der Waals surface area contributed by atoms with Gasteiger partial charge in [0.25, 0.3) is 0 Å². The number of nitriles is 1. The molecule has 0 bridgehead atoms. The van der Waals surface area contributed by atoms with E-state index in [1.165, 1.54) is 11.8 Å². The van der Waals surface area contributed by atoms with Crippen molar-refractivity contribution in [2.24, 2.45) is 0 Å². The predicted octanol–water partition coefficient (Wildman–Crippen LogP) is 4.70. The second-order valence-electron chi connectivity index (χ2n) is 6.13. The van der Waals surface area contributed by atoms with Gasteiger partial charge in [-0.15, -0.1) is 10.2 Å². The highest BCUT2D eigenvalue weighted by Gasteiger charge is 2.18. The monoisotopic (exact) mass is 383 g/mol. The number of thioether (sulfide) groups is 1. The molecule has 7 heteroatoms. The molecule has 134 valence electrons. The number of nitrogens with zero attached hydrogens (tertiary/aromatic N) is 5. The molecule has 3 aromatic heterocycles. The highest BCUT2D eigenvalue weighted by molar-refractivity contribution is 7.98. The Morgan fingerprint density at radius 2 is 1.86 bits per heavy atom. The van der Waals surface area contributed by atoms with Gasteiger partial charge in [0, 0.05) is 11.1 Å². The fourth-order valence-electron chi connectivity index (χ4n) is 3.12. The summed E-state index contributed by atoms with van der Waals surface area (Å²) in [6.45, 7) is 0. The van der Waals surface area contributed by atoms with Crippen LogP contribution < -0.4 is 0 Å². The Labute approximate surface area is 164 Å². The normalized spacial score (nSPS) is 11.1. The number of hydrogen-bond acceptors (Lipinski definition) is 6. The lowest BCUT2D eigenvalue weighted by Gasteiger charge is -2.08. The zero-order valence-corrected chi connectivity index (χ0v) is 15.4. The number of para-hydroxylation sites is 1. The van der Waals surface area contributed by atoms with Gasteiger partial charge in [-0.2, -0.15) is 5.26 Å². The summed E-state index contributed by atoms with van der Waals surface area (Å²) in [5.74, 6) is 1.91. The first-order valence-corrected chi connectivity index (χ1v) is 9.62. The van der Waals surface area contributed by atoms with Crippen molar-refractivity contribution in [1.82, 2.24) is 19.6 Å². The summed E-state index contributed by atoms with van der Waals surface area (Å²) in [5, 5.41) is 19.8. The lowest BCUT2D eigenvalue weighted by atomic mass is 10.1. The molecule has 0 aliphatic carbocycles. The minimum Gasteiger partial charge on any atom is -0.461 e. The molecule has 0 unspecified atom stereocenters. The maximum Gasteiger partial charge on any atom is 0.197 e. The van der Waals surface area contributed by atoms with Gasteiger partial charge in [-0.1, -0.05) is 42.1 Å². The fourth-order valence-corrected chi connectivity index (χ4v) is 4.06. The minimum atomic E-state index is 0.606. The van der Waals surface area contributed by atoms with Gasteiger partial charge >= 0.3 is 0 Å². The lowest BCUT2D eigenvalue weighted by molar-refractivity contribution is 0.575. The van der Waals surface area contributed by atoms with Gasteiger partial charge in [-0.25, -0.2) is 4.98 Å². The van der Waals surface area contributed by atoms with E-state index >= 15 is 0 Å². The van der Waals surface area contributed by atoms with E-state index in [-0.39, 0.29) is 0 Å². The van der Waals surface area contributed by atoms with Gasteiger partial charge in [0.15, 0.2) is 22.4 Å². The first-order valence-electron chi connectivity index (χ1n) is 8.64. The summed E-state index contributed by atoms with van der Waals surface area (Å²) in [6, 6.07) is 21.4. The Morgan fingerprint density at radius 1 is 1.00 bits per heavy atom. The van der Waals surface area contributed by atoms with Crippen LogP contribution in [0, 0.1) is 11.3 Å². The first-order chi connectivity index (χ1) is 13.8. The average Bonchev–Trinajstić information content (AvgIpc) is 3.42. The van der Waals surface area contributed by atoms with Crippen LogP contribution in [0.1, 0.15) is 11.1 Å². The highest BCUT2D eigenvalue weighted by Crippen LogP contribution is 2.30. The Bertz CT molecular complexity index is 1330. The largest absolute Gasteiger partial charge is 0.461 e. The van der Waals surface area contributed by atoms with E-state index in [1.807, 2.05) is 65.1 Å². The molecule has 0 atom stereocenters. The number of hydrogen-bond donors (Lipinski definition) is 0. The molecule has 0 aliphatic rings. The number of rotatable bonds is 4.